The van der Waals surface area contributed by atoms with Gasteiger partial charge in [-0.1, -0.05) is 19.1 Å². The minimum Gasteiger partial charge on any atom is -0.481 e. The second kappa shape index (κ2) is 13.5. The number of carboxylic acids is 1. The van der Waals surface area contributed by atoms with Gasteiger partial charge in [-0.15, -0.1) is 0 Å². The van der Waals surface area contributed by atoms with Gasteiger partial charge in [0.25, 0.3) is 5.97 Å². The van der Waals surface area contributed by atoms with Gasteiger partial charge in [-0.2, -0.15) is 0 Å². The highest BCUT2D eigenvalue weighted by atomic mass is 16.6. The molecule has 8 nitrogen and oxygen atoms in total. The highest BCUT2D eigenvalue weighted by Crippen LogP contribution is 2.13. The highest BCUT2D eigenvalue weighted by Gasteiger charge is 2.24. The van der Waals surface area contributed by atoms with Crippen LogP contribution in [0.1, 0.15) is 59.4 Å². The van der Waals surface area contributed by atoms with Gasteiger partial charge >= 0.3 is 6.09 Å². The van der Waals surface area contributed by atoms with Crippen LogP contribution in [0.25, 0.3) is 0 Å². The Morgan fingerprint density at radius 2 is 1.69 bits per heavy atom. The Morgan fingerprint density at radius 3 is 2.14 bits per heavy atom. The second-order valence-electron chi connectivity index (χ2n) is 7.54. The summed E-state index contributed by atoms with van der Waals surface area (Å²) in [6, 6.07) is 7.01. The van der Waals surface area contributed by atoms with Crippen LogP contribution in [0.3, 0.4) is 0 Å². The van der Waals surface area contributed by atoms with Crippen LogP contribution in [0, 0.1) is 0 Å². The average molecular weight is 410 g/mol. The molecule has 0 aliphatic rings. The van der Waals surface area contributed by atoms with Gasteiger partial charge < -0.3 is 26.2 Å². The lowest BCUT2D eigenvalue weighted by Gasteiger charge is -2.23. The molecule has 0 spiro atoms. The van der Waals surface area contributed by atoms with E-state index in [-0.39, 0.29) is 5.91 Å². The summed E-state index contributed by atoms with van der Waals surface area (Å²) >= 11 is 0. The number of nitrogens with one attached hydrogen (secondary N) is 2. The number of carbonyl (C=O) groups excluding carboxylic acids is 2. The van der Waals surface area contributed by atoms with E-state index in [0.717, 1.165) is 26.2 Å². The SMILES string of the molecule is CC(=O)O.CCc1ccc(NC(=O)[C@H](CCCCN)NC(=O)OC(C)(C)C)cc1. The van der Waals surface area contributed by atoms with Crippen LogP contribution in [0.15, 0.2) is 24.3 Å². The second-order valence-corrected chi connectivity index (χ2v) is 7.54. The molecule has 2 amide bonds. The van der Waals surface area contributed by atoms with Crippen LogP contribution in [0.4, 0.5) is 10.5 Å². The maximum absolute atomic E-state index is 12.5. The van der Waals surface area contributed by atoms with E-state index in [9.17, 15) is 9.59 Å². The fraction of sp³-hybridized carbons (Fsp3) is 0.571. The van der Waals surface area contributed by atoms with Crippen LogP contribution < -0.4 is 16.4 Å². The number of aryl methyl sites for hydroxylation is 1. The van der Waals surface area contributed by atoms with Crippen molar-refractivity contribution in [1.29, 1.82) is 0 Å². The smallest absolute Gasteiger partial charge is 0.408 e. The number of hydrogen-bond acceptors (Lipinski definition) is 5. The quantitative estimate of drug-likeness (QED) is 0.487. The average Bonchev–Trinajstić information content (AvgIpc) is 2.59. The van der Waals surface area contributed by atoms with E-state index in [2.05, 4.69) is 17.6 Å². The van der Waals surface area contributed by atoms with Gasteiger partial charge in [0.15, 0.2) is 0 Å². The lowest BCUT2D eigenvalue weighted by atomic mass is 10.1. The largest absolute Gasteiger partial charge is 0.481 e. The zero-order chi connectivity index (χ0) is 22.4. The topological polar surface area (TPSA) is 131 Å². The molecule has 0 aliphatic heterocycles. The van der Waals surface area contributed by atoms with Gasteiger partial charge in [0.1, 0.15) is 11.6 Å². The number of hydrogen-bond donors (Lipinski definition) is 4. The fourth-order valence-electron chi connectivity index (χ4n) is 2.26. The van der Waals surface area contributed by atoms with E-state index in [1.54, 1.807) is 20.8 Å². The van der Waals surface area contributed by atoms with E-state index in [4.69, 9.17) is 20.4 Å². The van der Waals surface area contributed by atoms with Crippen molar-refractivity contribution in [1.82, 2.24) is 5.32 Å². The van der Waals surface area contributed by atoms with Crippen LogP contribution in [0.5, 0.6) is 0 Å². The highest BCUT2D eigenvalue weighted by molar-refractivity contribution is 5.96. The number of amides is 2. The molecule has 8 heteroatoms. The van der Waals surface area contributed by atoms with Crippen molar-refractivity contribution >= 4 is 23.7 Å². The summed E-state index contributed by atoms with van der Waals surface area (Å²) in [5.74, 6) is -1.09. The summed E-state index contributed by atoms with van der Waals surface area (Å²) in [5.41, 5.74) is 6.80. The number of unbranched alkanes of at least 4 members (excludes halogenated alkanes) is 1. The van der Waals surface area contributed by atoms with Crippen LogP contribution in [0.2, 0.25) is 0 Å². The minimum absolute atomic E-state index is 0.257. The van der Waals surface area contributed by atoms with Crippen LogP contribution in [-0.2, 0) is 20.7 Å². The summed E-state index contributed by atoms with van der Waals surface area (Å²) in [6.45, 7) is 9.06. The van der Waals surface area contributed by atoms with Crippen molar-refractivity contribution < 1.29 is 24.2 Å². The van der Waals surface area contributed by atoms with Gasteiger partial charge in [0.2, 0.25) is 5.91 Å². The third kappa shape index (κ3) is 14.1. The summed E-state index contributed by atoms with van der Waals surface area (Å²) in [4.78, 5) is 33.6. The van der Waals surface area contributed by atoms with Crippen molar-refractivity contribution in [2.24, 2.45) is 5.73 Å². The van der Waals surface area contributed by atoms with Gasteiger partial charge in [0, 0.05) is 12.6 Å². The molecule has 1 rings (SSSR count). The number of carbonyl (C=O) groups is 3. The van der Waals surface area contributed by atoms with Crippen molar-refractivity contribution in [2.75, 3.05) is 11.9 Å². The molecule has 1 aromatic rings. The first-order chi connectivity index (χ1) is 13.5. The number of anilines is 1. The Balaban J connectivity index is 0.00000178. The number of carboxylic acid groups (broad SMARTS) is 1. The Bertz CT molecular complexity index is 635. The van der Waals surface area contributed by atoms with Crippen molar-refractivity contribution in [2.45, 2.75) is 71.9 Å². The normalized spacial score (nSPS) is 11.5. The molecule has 0 aromatic heterocycles. The standard InChI is InChI=1S/C19H31N3O3.C2H4O2/c1-5-14-9-11-15(12-10-14)21-17(23)16(8-6-7-13-20)22-18(24)25-19(2,3)4;1-2(3)4/h9-12,16H,5-8,13,20H2,1-4H3,(H,21,23)(H,22,24);1H3,(H,3,4)/t16-;/m0./s1. The molecule has 1 aromatic carbocycles. The maximum Gasteiger partial charge on any atom is 0.408 e. The first-order valence-corrected chi connectivity index (χ1v) is 9.77. The number of nitrogens with two attached hydrogens (primary N) is 1. The predicted octanol–water partition coefficient (Wildman–Crippen LogP) is 3.30. The number of alkyl carbamates (subject to hydrolysis) is 1. The molecule has 0 aliphatic carbocycles. The van der Waals surface area contributed by atoms with Crippen LogP contribution >= 0.6 is 0 Å². The first kappa shape index (κ1) is 26.4. The van der Waals surface area contributed by atoms with Gasteiger partial charge in [-0.3, -0.25) is 9.59 Å². The molecule has 0 saturated carbocycles. The Kier molecular flexibility index (Phi) is 12.3. The van der Waals surface area contributed by atoms with E-state index in [1.807, 2.05) is 24.3 Å². The molecule has 0 saturated heterocycles. The molecule has 0 unspecified atom stereocenters. The fourth-order valence-corrected chi connectivity index (χ4v) is 2.26. The van der Waals surface area contributed by atoms with Crippen molar-refractivity contribution in [3.63, 3.8) is 0 Å². The van der Waals surface area contributed by atoms with Gasteiger partial charge in [0.05, 0.1) is 0 Å². The molecule has 1 atom stereocenters. The number of benzene rings is 1. The molecule has 164 valence electrons. The van der Waals surface area contributed by atoms with Gasteiger partial charge in [-0.25, -0.2) is 4.79 Å². The lowest BCUT2D eigenvalue weighted by molar-refractivity contribution is -0.134. The number of aliphatic carboxylic acids is 1. The predicted molar refractivity (Wildman–Crippen MR) is 114 cm³/mol. The molecular weight excluding hydrogens is 374 g/mol. The van der Waals surface area contributed by atoms with Gasteiger partial charge in [-0.05, 0) is 70.7 Å². The number of rotatable bonds is 8. The third-order valence-electron chi connectivity index (χ3n) is 3.58. The Hall–Kier alpha value is -2.61. The monoisotopic (exact) mass is 409 g/mol. The van der Waals surface area contributed by atoms with E-state index >= 15 is 0 Å². The summed E-state index contributed by atoms with van der Waals surface area (Å²) in [5, 5.41) is 12.9. The minimum atomic E-state index is -0.833. The summed E-state index contributed by atoms with van der Waals surface area (Å²) in [6.07, 6.45) is 2.40. The molecule has 5 N–H and O–H groups in total. The lowest BCUT2D eigenvalue weighted by Crippen LogP contribution is -2.45. The summed E-state index contributed by atoms with van der Waals surface area (Å²) in [7, 11) is 0. The van der Waals surface area contributed by atoms with Crippen molar-refractivity contribution in [3.8, 4) is 0 Å². The zero-order valence-electron chi connectivity index (χ0n) is 18.1. The molecule has 0 fully saturated rings. The van der Waals surface area contributed by atoms with Crippen LogP contribution in [-0.4, -0.2) is 41.3 Å². The molecule has 0 heterocycles. The Morgan fingerprint density at radius 1 is 1.14 bits per heavy atom. The van der Waals surface area contributed by atoms with E-state index in [0.29, 0.717) is 18.7 Å². The maximum atomic E-state index is 12.5. The molecule has 29 heavy (non-hydrogen) atoms. The zero-order valence-corrected chi connectivity index (χ0v) is 18.1. The Labute approximate surface area is 173 Å². The molecular formula is C21H35N3O5. The molecule has 0 radical (unpaired) electrons. The summed E-state index contributed by atoms with van der Waals surface area (Å²) < 4.78 is 5.25. The third-order valence-corrected chi connectivity index (χ3v) is 3.58. The first-order valence-electron chi connectivity index (χ1n) is 9.77. The van der Waals surface area contributed by atoms with Crippen molar-refractivity contribution in [3.05, 3.63) is 29.8 Å². The van der Waals surface area contributed by atoms with E-state index < -0.39 is 23.7 Å². The number of ether oxygens (including phenoxy) is 1. The van der Waals surface area contributed by atoms with E-state index in [1.165, 1.54) is 5.56 Å². The molecule has 0 bridgehead atoms.